The Morgan fingerprint density at radius 3 is 2.77 bits per heavy atom. The van der Waals surface area contributed by atoms with Crippen LogP contribution >= 0.6 is 15.9 Å². The third kappa shape index (κ3) is 4.45. The third-order valence-corrected chi connectivity index (χ3v) is 5.72. The number of benzene rings is 2. The number of amides is 1. The highest BCUT2D eigenvalue weighted by molar-refractivity contribution is 9.10. The molecule has 160 valence electrons. The van der Waals surface area contributed by atoms with Gasteiger partial charge in [-0.1, -0.05) is 15.9 Å². The van der Waals surface area contributed by atoms with E-state index in [0.29, 0.717) is 48.1 Å². The third-order valence-electron chi connectivity index (χ3n) is 5.22. The molecular weight excluding hydrogens is 464 g/mol. The van der Waals surface area contributed by atoms with E-state index in [-0.39, 0.29) is 17.6 Å². The number of nitrogens with zero attached hydrogens (tertiary/aromatic N) is 1. The lowest BCUT2D eigenvalue weighted by Gasteiger charge is -2.18. The molecule has 1 atom stereocenters. The first-order chi connectivity index (χ1) is 15.2. The first kappa shape index (κ1) is 20.1. The Balaban J connectivity index is 1.54. The van der Waals surface area contributed by atoms with Crippen LogP contribution in [0.25, 0.3) is 11.0 Å². The van der Waals surface area contributed by atoms with Crippen molar-refractivity contribution in [1.82, 2.24) is 5.32 Å². The normalized spacial score (nSPS) is 18.4. The fourth-order valence-corrected chi connectivity index (χ4v) is 4.05. The van der Waals surface area contributed by atoms with Gasteiger partial charge in [-0.15, -0.1) is 0 Å². The smallest absolute Gasteiger partial charge is 0.256 e. The molecule has 0 radical (unpaired) electrons. The maximum absolute atomic E-state index is 13.0. The number of rotatable bonds is 4. The van der Waals surface area contributed by atoms with Gasteiger partial charge < -0.3 is 23.9 Å². The van der Waals surface area contributed by atoms with E-state index < -0.39 is 0 Å². The van der Waals surface area contributed by atoms with E-state index in [1.807, 2.05) is 30.3 Å². The lowest BCUT2D eigenvalue weighted by Crippen LogP contribution is -2.34. The van der Waals surface area contributed by atoms with Crippen molar-refractivity contribution in [3.63, 3.8) is 0 Å². The lowest BCUT2D eigenvalue weighted by molar-refractivity contribution is 0.0854. The van der Waals surface area contributed by atoms with Crippen molar-refractivity contribution in [3.8, 4) is 11.5 Å². The van der Waals surface area contributed by atoms with Crippen molar-refractivity contribution in [2.45, 2.75) is 18.9 Å². The summed E-state index contributed by atoms with van der Waals surface area (Å²) < 4.78 is 23.8. The average molecular weight is 485 g/mol. The van der Waals surface area contributed by atoms with Crippen LogP contribution in [0.2, 0.25) is 0 Å². The molecule has 1 amide bonds. The summed E-state index contributed by atoms with van der Waals surface area (Å²) in [6.07, 6.45) is 2.02. The molecule has 1 N–H and O–H groups in total. The summed E-state index contributed by atoms with van der Waals surface area (Å²) in [5.74, 6) is 1.05. The summed E-state index contributed by atoms with van der Waals surface area (Å²) in [6.45, 7) is 2.21. The molecule has 5 rings (SSSR count). The van der Waals surface area contributed by atoms with Gasteiger partial charge in [0, 0.05) is 29.1 Å². The van der Waals surface area contributed by atoms with Gasteiger partial charge in [0.2, 0.25) is 5.55 Å². The molecule has 7 nitrogen and oxygen atoms in total. The Morgan fingerprint density at radius 1 is 1.06 bits per heavy atom. The topological polar surface area (TPSA) is 82.3 Å². The number of ether oxygens (including phenoxy) is 3. The van der Waals surface area contributed by atoms with Gasteiger partial charge in [0.05, 0.1) is 11.8 Å². The molecule has 0 aliphatic carbocycles. The Morgan fingerprint density at radius 2 is 1.94 bits per heavy atom. The summed E-state index contributed by atoms with van der Waals surface area (Å²) in [6, 6.07) is 12.8. The van der Waals surface area contributed by atoms with Crippen molar-refractivity contribution in [3.05, 3.63) is 58.1 Å². The highest BCUT2D eigenvalue weighted by Crippen LogP contribution is 2.33. The SMILES string of the molecule is O=C(NCC1CCCO1)c1cc2cc(Br)ccc2oc1=Nc1ccc2c(c1)OCCO2. The number of carbonyl (C=O) groups excluding carboxylic acids is 1. The molecule has 0 bridgehead atoms. The molecule has 1 saturated heterocycles. The van der Waals surface area contributed by atoms with Gasteiger partial charge >= 0.3 is 0 Å². The summed E-state index contributed by atoms with van der Waals surface area (Å²) in [5, 5.41) is 3.76. The molecule has 2 aromatic carbocycles. The van der Waals surface area contributed by atoms with Gasteiger partial charge in [-0.25, -0.2) is 4.99 Å². The second kappa shape index (κ2) is 8.72. The van der Waals surface area contributed by atoms with E-state index >= 15 is 0 Å². The van der Waals surface area contributed by atoms with Crippen LogP contribution in [-0.2, 0) is 4.74 Å². The van der Waals surface area contributed by atoms with E-state index in [0.717, 1.165) is 29.3 Å². The van der Waals surface area contributed by atoms with E-state index in [4.69, 9.17) is 18.6 Å². The molecule has 0 saturated carbocycles. The van der Waals surface area contributed by atoms with Crippen LogP contribution in [0.3, 0.4) is 0 Å². The molecule has 3 heterocycles. The highest BCUT2D eigenvalue weighted by atomic mass is 79.9. The second-order valence-electron chi connectivity index (χ2n) is 7.43. The average Bonchev–Trinajstić information content (AvgIpc) is 3.31. The molecule has 0 spiro atoms. The molecule has 1 aromatic heterocycles. The van der Waals surface area contributed by atoms with Gasteiger partial charge in [-0.05, 0) is 49.2 Å². The van der Waals surface area contributed by atoms with Crippen LogP contribution in [0, 0.1) is 0 Å². The summed E-state index contributed by atoms with van der Waals surface area (Å²) in [5.41, 5.74) is 1.84. The number of nitrogens with one attached hydrogen (secondary N) is 1. The Hall–Kier alpha value is -2.84. The Kier molecular flexibility index (Phi) is 5.65. The van der Waals surface area contributed by atoms with E-state index in [1.165, 1.54) is 0 Å². The van der Waals surface area contributed by atoms with Gasteiger partial charge in [0.25, 0.3) is 5.91 Å². The number of hydrogen-bond acceptors (Lipinski definition) is 6. The fraction of sp³-hybridized carbons (Fsp3) is 0.304. The van der Waals surface area contributed by atoms with Gasteiger partial charge in [-0.3, -0.25) is 4.79 Å². The molecule has 3 aromatic rings. The molecule has 1 unspecified atom stereocenters. The fourth-order valence-electron chi connectivity index (χ4n) is 3.67. The summed E-state index contributed by atoms with van der Waals surface area (Å²) in [7, 11) is 0. The molecule has 31 heavy (non-hydrogen) atoms. The predicted molar refractivity (Wildman–Crippen MR) is 118 cm³/mol. The van der Waals surface area contributed by atoms with Gasteiger partial charge in [0.15, 0.2) is 11.5 Å². The van der Waals surface area contributed by atoms with Crippen molar-refractivity contribution < 1.29 is 23.4 Å². The second-order valence-corrected chi connectivity index (χ2v) is 8.35. The van der Waals surface area contributed by atoms with Crippen LogP contribution in [0.5, 0.6) is 11.5 Å². The zero-order valence-electron chi connectivity index (χ0n) is 16.7. The summed E-state index contributed by atoms with van der Waals surface area (Å²) >= 11 is 3.47. The quantitative estimate of drug-likeness (QED) is 0.602. The van der Waals surface area contributed by atoms with Crippen molar-refractivity contribution in [1.29, 1.82) is 0 Å². The molecule has 2 aliphatic heterocycles. The number of carbonyl (C=O) groups is 1. The van der Waals surface area contributed by atoms with Gasteiger partial charge in [0.1, 0.15) is 24.4 Å². The zero-order valence-corrected chi connectivity index (χ0v) is 18.3. The van der Waals surface area contributed by atoms with Crippen LogP contribution in [0.4, 0.5) is 5.69 Å². The number of halogens is 1. The maximum atomic E-state index is 13.0. The van der Waals surface area contributed by atoms with Crippen molar-refractivity contribution in [2.24, 2.45) is 4.99 Å². The van der Waals surface area contributed by atoms with Crippen LogP contribution in [0.15, 0.2) is 56.3 Å². The largest absolute Gasteiger partial charge is 0.486 e. The van der Waals surface area contributed by atoms with Gasteiger partial charge in [-0.2, -0.15) is 0 Å². The minimum atomic E-state index is -0.252. The first-order valence-electron chi connectivity index (χ1n) is 10.2. The Labute approximate surface area is 187 Å². The van der Waals surface area contributed by atoms with Crippen LogP contribution in [-0.4, -0.2) is 38.4 Å². The monoisotopic (exact) mass is 484 g/mol. The van der Waals surface area contributed by atoms with Crippen LogP contribution < -0.4 is 20.3 Å². The predicted octanol–water partition coefficient (Wildman–Crippen LogP) is 4.11. The number of fused-ring (bicyclic) bond motifs is 2. The van der Waals surface area contributed by atoms with Crippen molar-refractivity contribution >= 4 is 38.5 Å². The minimum absolute atomic E-state index is 0.0497. The molecule has 1 fully saturated rings. The first-order valence-corrected chi connectivity index (χ1v) is 11.0. The lowest BCUT2D eigenvalue weighted by atomic mass is 10.1. The molecule has 8 heteroatoms. The zero-order chi connectivity index (χ0) is 21.2. The standard InChI is InChI=1S/C23H21BrN2O5/c24-15-3-5-19-14(10-15)11-18(22(27)25-13-17-2-1-7-28-17)23(31-19)26-16-4-6-20-21(12-16)30-9-8-29-20/h3-6,10-12,17H,1-2,7-9,13H2,(H,25,27). The minimum Gasteiger partial charge on any atom is -0.486 e. The maximum Gasteiger partial charge on any atom is 0.256 e. The van der Waals surface area contributed by atoms with E-state index in [2.05, 4.69) is 26.2 Å². The number of hydrogen-bond donors (Lipinski definition) is 1. The molecular formula is C23H21BrN2O5. The van der Waals surface area contributed by atoms with Crippen LogP contribution in [0.1, 0.15) is 23.2 Å². The van der Waals surface area contributed by atoms with E-state index in [1.54, 1.807) is 12.1 Å². The molecule has 2 aliphatic rings. The van der Waals surface area contributed by atoms with E-state index in [9.17, 15) is 4.79 Å². The Bertz CT molecular complexity index is 1200. The van der Waals surface area contributed by atoms with Crippen molar-refractivity contribution in [2.75, 3.05) is 26.4 Å². The summed E-state index contributed by atoms with van der Waals surface area (Å²) in [4.78, 5) is 17.6. The highest BCUT2D eigenvalue weighted by Gasteiger charge is 2.19.